The Labute approximate surface area is 148 Å². The highest BCUT2D eigenvalue weighted by Gasteiger charge is 2.19. The predicted octanol–water partition coefficient (Wildman–Crippen LogP) is 2.28. The Morgan fingerprint density at radius 1 is 1.28 bits per heavy atom. The van der Waals surface area contributed by atoms with E-state index in [0.717, 1.165) is 18.9 Å². The fraction of sp³-hybridized carbons (Fsp3) is 0.471. The second-order valence-electron chi connectivity index (χ2n) is 5.30. The van der Waals surface area contributed by atoms with Crippen LogP contribution in [0.4, 0.5) is 0 Å². The molecule has 0 radical (unpaired) electrons. The van der Waals surface area contributed by atoms with E-state index in [1.807, 2.05) is 0 Å². The Hall–Kier alpha value is -1.90. The van der Waals surface area contributed by atoms with Crippen LogP contribution in [0.3, 0.4) is 0 Å². The zero-order valence-corrected chi connectivity index (χ0v) is 15.3. The predicted molar refractivity (Wildman–Crippen MR) is 95.2 cm³/mol. The molecule has 0 heterocycles. The van der Waals surface area contributed by atoms with Crippen LogP contribution in [-0.2, 0) is 19.6 Å². The molecular weight excluding hydrogens is 346 g/mol. The van der Waals surface area contributed by atoms with Crippen LogP contribution >= 0.6 is 0 Å². The Morgan fingerprint density at radius 2 is 2.00 bits per heavy atom. The number of hydrogen-bond acceptors (Lipinski definition) is 5. The third-order valence-corrected chi connectivity index (χ3v) is 4.78. The first kappa shape index (κ1) is 21.1. The average molecular weight is 371 g/mol. The highest BCUT2D eigenvalue weighted by atomic mass is 32.2. The Kier molecular flexibility index (Phi) is 9.18. The fourth-order valence-corrected chi connectivity index (χ4v) is 3.26. The van der Waals surface area contributed by atoms with E-state index in [1.54, 1.807) is 6.07 Å². The van der Waals surface area contributed by atoms with Crippen molar-refractivity contribution in [2.75, 3.05) is 26.9 Å². The maximum absolute atomic E-state index is 12.5. The molecule has 1 rings (SSSR count). The fourth-order valence-electron chi connectivity index (χ4n) is 1.98. The number of carbonyl (C=O) groups is 1. The Bertz CT molecular complexity index is 684. The van der Waals surface area contributed by atoms with Crippen molar-refractivity contribution in [2.45, 2.75) is 31.1 Å². The van der Waals surface area contributed by atoms with Crippen molar-refractivity contribution in [3.63, 3.8) is 0 Å². The van der Waals surface area contributed by atoms with Gasteiger partial charge in [-0.15, -0.1) is 0 Å². The van der Waals surface area contributed by atoms with Crippen molar-refractivity contribution >= 4 is 22.1 Å². The largest absolute Gasteiger partial charge is 0.495 e. The van der Waals surface area contributed by atoms with Gasteiger partial charge in [-0.3, -0.25) is 0 Å². The molecule has 0 bridgehead atoms. The second-order valence-corrected chi connectivity index (χ2v) is 7.03. The molecule has 25 heavy (non-hydrogen) atoms. The molecule has 0 amide bonds. The Morgan fingerprint density at radius 3 is 2.64 bits per heavy atom. The number of nitrogens with one attached hydrogen (secondary N) is 1. The zero-order valence-electron chi connectivity index (χ0n) is 14.5. The van der Waals surface area contributed by atoms with E-state index in [-0.39, 0.29) is 17.2 Å². The van der Waals surface area contributed by atoms with Crippen LogP contribution in [0.1, 0.15) is 31.7 Å². The lowest BCUT2D eigenvalue weighted by Crippen LogP contribution is -2.26. The van der Waals surface area contributed by atoms with Gasteiger partial charge in [0.1, 0.15) is 10.6 Å². The van der Waals surface area contributed by atoms with Gasteiger partial charge in [0.15, 0.2) is 0 Å². The summed E-state index contributed by atoms with van der Waals surface area (Å²) in [6.07, 6.45) is 4.87. The molecule has 0 atom stereocenters. The van der Waals surface area contributed by atoms with E-state index in [1.165, 1.54) is 25.3 Å². The number of carboxylic acid groups (broad SMARTS) is 1. The monoisotopic (exact) mass is 371 g/mol. The zero-order chi connectivity index (χ0) is 18.7. The highest BCUT2D eigenvalue weighted by Crippen LogP contribution is 2.25. The van der Waals surface area contributed by atoms with Gasteiger partial charge in [0.05, 0.1) is 7.11 Å². The van der Waals surface area contributed by atoms with Gasteiger partial charge in [-0.2, -0.15) is 0 Å². The molecule has 0 aliphatic carbocycles. The number of carboxylic acids is 1. The van der Waals surface area contributed by atoms with E-state index in [9.17, 15) is 13.2 Å². The number of aliphatic carboxylic acids is 1. The minimum absolute atomic E-state index is 0.0329. The molecule has 7 nitrogen and oxygen atoms in total. The molecule has 0 aliphatic rings. The summed E-state index contributed by atoms with van der Waals surface area (Å²) in [6.45, 7) is 3.48. The van der Waals surface area contributed by atoms with E-state index in [4.69, 9.17) is 14.6 Å². The van der Waals surface area contributed by atoms with Crippen molar-refractivity contribution in [3.05, 3.63) is 29.8 Å². The van der Waals surface area contributed by atoms with E-state index in [0.29, 0.717) is 25.2 Å². The molecule has 0 aliphatic heterocycles. The molecule has 2 N–H and O–H groups in total. The summed E-state index contributed by atoms with van der Waals surface area (Å²) in [5.41, 5.74) is 0.450. The van der Waals surface area contributed by atoms with Crippen LogP contribution in [-0.4, -0.2) is 46.4 Å². The number of hydrogen-bond donors (Lipinski definition) is 2. The van der Waals surface area contributed by atoms with Crippen LogP contribution < -0.4 is 9.46 Å². The van der Waals surface area contributed by atoms with Crippen molar-refractivity contribution < 1.29 is 27.8 Å². The van der Waals surface area contributed by atoms with E-state index < -0.39 is 16.0 Å². The van der Waals surface area contributed by atoms with Crippen LogP contribution in [0.5, 0.6) is 5.75 Å². The van der Waals surface area contributed by atoms with Crippen molar-refractivity contribution in [3.8, 4) is 5.75 Å². The third kappa shape index (κ3) is 7.68. The molecule has 0 saturated carbocycles. The topological polar surface area (TPSA) is 102 Å². The van der Waals surface area contributed by atoms with E-state index >= 15 is 0 Å². The highest BCUT2D eigenvalue weighted by molar-refractivity contribution is 7.89. The number of ether oxygens (including phenoxy) is 2. The molecule has 8 heteroatoms. The number of methoxy groups -OCH3 is 1. The third-order valence-electron chi connectivity index (χ3n) is 3.30. The maximum atomic E-state index is 12.5. The van der Waals surface area contributed by atoms with Crippen LogP contribution in [0, 0.1) is 0 Å². The molecule has 1 aromatic rings. The summed E-state index contributed by atoms with van der Waals surface area (Å²) in [6, 6.07) is 4.45. The minimum Gasteiger partial charge on any atom is -0.495 e. The van der Waals surface area contributed by atoms with Crippen molar-refractivity contribution in [1.82, 2.24) is 4.72 Å². The van der Waals surface area contributed by atoms with Crippen molar-refractivity contribution in [1.29, 1.82) is 0 Å². The number of benzene rings is 1. The first-order valence-corrected chi connectivity index (χ1v) is 9.55. The average Bonchev–Trinajstić information content (AvgIpc) is 2.58. The quantitative estimate of drug-likeness (QED) is 0.432. The van der Waals surface area contributed by atoms with Crippen LogP contribution in [0.2, 0.25) is 0 Å². The molecular formula is C17H25NO6S. The molecule has 0 saturated heterocycles. The number of sulfonamides is 1. The lowest BCUT2D eigenvalue weighted by Gasteiger charge is -2.11. The van der Waals surface area contributed by atoms with Gasteiger partial charge < -0.3 is 14.6 Å². The molecule has 140 valence electrons. The molecule has 0 aromatic heterocycles. The lowest BCUT2D eigenvalue weighted by atomic mass is 10.2. The summed E-state index contributed by atoms with van der Waals surface area (Å²) >= 11 is 0. The van der Waals surface area contributed by atoms with Gasteiger partial charge >= 0.3 is 5.97 Å². The van der Waals surface area contributed by atoms with Gasteiger partial charge in [-0.05, 0) is 36.6 Å². The number of unbranched alkanes of at least 4 members (excludes halogenated alkanes) is 1. The summed E-state index contributed by atoms with van der Waals surface area (Å²) < 4.78 is 37.9. The first-order chi connectivity index (χ1) is 11.9. The standard InChI is InChI=1S/C17H25NO6S/c1-3-4-11-24-12-5-10-18-25(21,22)16-13-14(7-9-17(19)20)6-8-15(16)23-2/h6-9,13,18H,3-5,10-12H2,1-2H3,(H,19,20)/b9-7+. The van der Waals surface area contributed by atoms with Crippen molar-refractivity contribution in [2.24, 2.45) is 0 Å². The molecule has 0 spiro atoms. The van der Waals surface area contributed by atoms with Crippen LogP contribution in [0.15, 0.2) is 29.2 Å². The molecule has 0 fully saturated rings. The summed E-state index contributed by atoms with van der Waals surface area (Å²) in [4.78, 5) is 10.6. The summed E-state index contributed by atoms with van der Waals surface area (Å²) in [5.74, 6) is -0.916. The molecule has 0 unspecified atom stereocenters. The van der Waals surface area contributed by atoms with E-state index in [2.05, 4.69) is 11.6 Å². The molecule has 1 aromatic carbocycles. The van der Waals surface area contributed by atoms with Gasteiger partial charge in [0.25, 0.3) is 0 Å². The first-order valence-electron chi connectivity index (χ1n) is 8.07. The smallest absolute Gasteiger partial charge is 0.328 e. The lowest BCUT2D eigenvalue weighted by molar-refractivity contribution is -0.131. The summed E-state index contributed by atoms with van der Waals surface area (Å²) in [7, 11) is -2.40. The number of rotatable bonds is 12. The Balaban J connectivity index is 2.74. The van der Waals surface area contributed by atoms with Gasteiger partial charge in [0.2, 0.25) is 10.0 Å². The maximum Gasteiger partial charge on any atom is 0.328 e. The minimum atomic E-state index is -3.77. The van der Waals surface area contributed by atoms with Crippen LogP contribution in [0.25, 0.3) is 6.08 Å². The van der Waals surface area contributed by atoms with Gasteiger partial charge in [-0.25, -0.2) is 17.9 Å². The van der Waals surface area contributed by atoms with Gasteiger partial charge in [0, 0.05) is 25.8 Å². The second kappa shape index (κ2) is 10.9. The summed E-state index contributed by atoms with van der Waals surface area (Å²) in [5, 5.41) is 8.67. The van der Waals surface area contributed by atoms with Gasteiger partial charge in [-0.1, -0.05) is 19.4 Å². The SMILES string of the molecule is CCCCOCCCNS(=O)(=O)c1cc(/C=C/C(=O)O)ccc1OC. The normalized spacial score (nSPS) is 11.8.